The number of phenols is 1. The third kappa shape index (κ3) is 6.15. The molecule has 0 saturated carbocycles. The molecule has 0 spiro atoms. The van der Waals surface area contributed by atoms with Gasteiger partial charge in [0.15, 0.2) is 0 Å². The van der Waals surface area contributed by atoms with Gasteiger partial charge in [0, 0.05) is 18.3 Å². The van der Waals surface area contributed by atoms with Gasteiger partial charge in [0.05, 0.1) is 0 Å². The third-order valence-electron chi connectivity index (χ3n) is 2.05. The van der Waals surface area contributed by atoms with Crippen LogP contribution < -0.4 is 0 Å². The van der Waals surface area contributed by atoms with Crippen LogP contribution in [0.1, 0.15) is 20.7 Å². The summed E-state index contributed by atoms with van der Waals surface area (Å²) in [7, 11) is 0. The van der Waals surface area contributed by atoms with Crippen molar-refractivity contribution in [2.45, 2.75) is 0 Å². The number of aromatic hydroxyl groups is 1. The Bertz CT molecular complexity index is 545. The molecule has 2 aromatic carbocycles. The molecule has 0 heterocycles. The highest BCUT2D eigenvalue weighted by Crippen LogP contribution is 2.12. The molecule has 19 heavy (non-hydrogen) atoms. The quantitative estimate of drug-likeness (QED) is 0.525. The molecule has 0 saturated heterocycles. The summed E-state index contributed by atoms with van der Waals surface area (Å²) in [4.78, 5) is 20.3. The average Bonchev–Trinajstić information content (AvgIpc) is 2.39. The van der Waals surface area contributed by atoms with E-state index in [1.54, 1.807) is 12.1 Å². The molecule has 98 valence electrons. The number of phenolic OH excluding ortho intramolecular Hbond substituents is 1. The van der Waals surface area contributed by atoms with E-state index in [0.29, 0.717) is 5.56 Å². The molecule has 5 heteroatoms. The molecule has 0 aliphatic rings. The van der Waals surface area contributed by atoms with Crippen molar-refractivity contribution in [3.05, 3.63) is 60.7 Å². The highest BCUT2D eigenvalue weighted by Gasteiger charge is 1.94. The Morgan fingerprint density at radius 2 is 1.26 bits per heavy atom. The summed E-state index contributed by atoms with van der Waals surface area (Å²) < 4.78 is 2.21. The van der Waals surface area contributed by atoms with Crippen LogP contribution in [0.3, 0.4) is 0 Å². The number of carbonyl (C=O) groups excluding carboxylic acids is 2. The first-order chi connectivity index (χ1) is 9.05. The molecule has 0 unspecified atom stereocenters. The van der Waals surface area contributed by atoms with Crippen LogP contribution in [0.5, 0.6) is 5.75 Å². The fourth-order valence-electron chi connectivity index (χ4n) is 1.20. The van der Waals surface area contributed by atoms with E-state index >= 15 is 0 Å². The van der Waals surface area contributed by atoms with Gasteiger partial charge < -0.3 is 5.11 Å². The molecular formula is C14H10I2O3. The van der Waals surface area contributed by atoms with E-state index in [9.17, 15) is 9.59 Å². The van der Waals surface area contributed by atoms with E-state index in [-0.39, 0.29) is 5.75 Å². The standard InChI is InChI=1S/C7H4I2O.C7H6O2/c8-6-1-5(4-10)2-7(9)3-6;8-5-6-1-3-7(9)4-2-6/h1-4H;1-5,9H. The molecule has 0 fully saturated rings. The minimum Gasteiger partial charge on any atom is -0.508 e. The number of halogens is 2. The fraction of sp³-hybridized carbons (Fsp3) is 0. The normalized spacial score (nSPS) is 9.16. The first kappa shape index (κ1) is 16.1. The van der Waals surface area contributed by atoms with Crippen molar-refractivity contribution in [3.8, 4) is 5.75 Å². The van der Waals surface area contributed by atoms with Crippen LogP contribution in [0.25, 0.3) is 0 Å². The fourth-order valence-corrected chi connectivity index (χ4v) is 3.18. The zero-order chi connectivity index (χ0) is 14.3. The Balaban J connectivity index is 0.000000191. The van der Waals surface area contributed by atoms with Gasteiger partial charge >= 0.3 is 0 Å². The first-order valence-corrected chi connectivity index (χ1v) is 7.36. The minimum atomic E-state index is 0.181. The molecule has 0 amide bonds. The van der Waals surface area contributed by atoms with Crippen LogP contribution in [0.4, 0.5) is 0 Å². The van der Waals surface area contributed by atoms with Crippen molar-refractivity contribution < 1.29 is 14.7 Å². The summed E-state index contributed by atoms with van der Waals surface area (Å²) in [5, 5.41) is 8.74. The largest absolute Gasteiger partial charge is 0.508 e. The first-order valence-electron chi connectivity index (χ1n) is 5.20. The second-order valence-electron chi connectivity index (χ2n) is 3.53. The summed E-state index contributed by atoms with van der Waals surface area (Å²) in [6.45, 7) is 0. The minimum absolute atomic E-state index is 0.181. The Labute approximate surface area is 138 Å². The van der Waals surface area contributed by atoms with E-state index < -0.39 is 0 Å². The van der Waals surface area contributed by atoms with Crippen LogP contribution >= 0.6 is 45.2 Å². The lowest BCUT2D eigenvalue weighted by Crippen LogP contribution is -1.82. The number of hydrogen-bond acceptors (Lipinski definition) is 3. The summed E-state index contributed by atoms with van der Waals surface area (Å²) in [6, 6.07) is 11.8. The van der Waals surface area contributed by atoms with Crippen molar-refractivity contribution in [2.75, 3.05) is 0 Å². The zero-order valence-corrected chi connectivity index (χ0v) is 14.0. The average molecular weight is 480 g/mol. The van der Waals surface area contributed by atoms with Gasteiger partial charge in [-0.2, -0.15) is 0 Å². The Hall–Kier alpha value is -0.960. The number of rotatable bonds is 2. The predicted octanol–water partition coefficient (Wildman–Crippen LogP) is 3.91. The number of carbonyl (C=O) groups is 2. The molecule has 2 aromatic rings. The van der Waals surface area contributed by atoms with Gasteiger partial charge in [-0.25, -0.2) is 0 Å². The maximum Gasteiger partial charge on any atom is 0.150 e. The van der Waals surface area contributed by atoms with Crippen molar-refractivity contribution in [1.82, 2.24) is 0 Å². The Morgan fingerprint density at radius 3 is 1.68 bits per heavy atom. The van der Waals surface area contributed by atoms with Crippen LogP contribution in [0.15, 0.2) is 42.5 Å². The summed E-state index contributed by atoms with van der Waals surface area (Å²) in [5.74, 6) is 0.181. The van der Waals surface area contributed by atoms with Crippen molar-refractivity contribution in [1.29, 1.82) is 0 Å². The monoisotopic (exact) mass is 480 g/mol. The highest BCUT2D eigenvalue weighted by atomic mass is 127. The van der Waals surface area contributed by atoms with Crippen LogP contribution in [0, 0.1) is 7.14 Å². The SMILES string of the molecule is O=Cc1cc(I)cc(I)c1.O=Cc1ccc(O)cc1. The molecule has 0 aliphatic heterocycles. The van der Waals surface area contributed by atoms with Crippen LogP contribution in [-0.2, 0) is 0 Å². The van der Waals surface area contributed by atoms with Gasteiger partial charge in [-0.05, 0) is 87.6 Å². The van der Waals surface area contributed by atoms with Crippen molar-refractivity contribution >= 4 is 57.8 Å². The molecule has 3 nitrogen and oxygen atoms in total. The number of hydrogen-bond donors (Lipinski definition) is 1. The van der Waals surface area contributed by atoms with E-state index in [4.69, 9.17) is 5.11 Å². The lowest BCUT2D eigenvalue weighted by Gasteiger charge is -1.93. The van der Waals surface area contributed by atoms with E-state index in [1.807, 2.05) is 18.2 Å². The summed E-state index contributed by atoms with van der Waals surface area (Å²) in [5.41, 5.74) is 1.32. The van der Waals surface area contributed by atoms with Crippen molar-refractivity contribution in [3.63, 3.8) is 0 Å². The predicted molar refractivity (Wildman–Crippen MR) is 90.8 cm³/mol. The van der Waals surface area contributed by atoms with Gasteiger partial charge in [0.25, 0.3) is 0 Å². The number of benzene rings is 2. The molecular weight excluding hydrogens is 470 g/mol. The van der Waals surface area contributed by atoms with Gasteiger partial charge in [0.1, 0.15) is 18.3 Å². The maximum absolute atomic E-state index is 10.3. The second-order valence-corrected chi connectivity index (χ2v) is 6.02. The van der Waals surface area contributed by atoms with E-state index in [0.717, 1.165) is 25.3 Å². The Morgan fingerprint density at radius 1 is 0.789 bits per heavy atom. The van der Waals surface area contributed by atoms with Crippen LogP contribution in [0.2, 0.25) is 0 Å². The molecule has 1 N–H and O–H groups in total. The molecule has 0 atom stereocenters. The van der Waals surface area contributed by atoms with Crippen LogP contribution in [-0.4, -0.2) is 17.7 Å². The molecule has 0 aliphatic carbocycles. The van der Waals surface area contributed by atoms with Gasteiger partial charge in [-0.15, -0.1) is 0 Å². The highest BCUT2D eigenvalue weighted by molar-refractivity contribution is 14.1. The summed E-state index contributed by atoms with van der Waals surface area (Å²) in [6.07, 6.45) is 1.60. The molecule has 0 bridgehead atoms. The molecule has 0 aromatic heterocycles. The topological polar surface area (TPSA) is 54.4 Å². The van der Waals surface area contributed by atoms with Crippen molar-refractivity contribution in [2.24, 2.45) is 0 Å². The zero-order valence-electron chi connectivity index (χ0n) is 9.72. The lowest BCUT2D eigenvalue weighted by atomic mass is 10.2. The molecule has 0 radical (unpaired) electrons. The Kier molecular flexibility index (Phi) is 7.00. The third-order valence-corrected chi connectivity index (χ3v) is 3.30. The van der Waals surface area contributed by atoms with E-state index in [1.165, 1.54) is 12.1 Å². The maximum atomic E-state index is 10.3. The smallest absolute Gasteiger partial charge is 0.150 e. The summed E-state index contributed by atoms with van der Waals surface area (Å²) >= 11 is 4.38. The van der Waals surface area contributed by atoms with Gasteiger partial charge in [-0.1, -0.05) is 0 Å². The number of aldehydes is 2. The second kappa shape index (κ2) is 8.26. The lowest BCUT2D eigenvalue weighted by molar-refractivity contribution is 0.111. The van der Waals surface area contributed by atoms with Gasteiger partial charge in [-0.3, -0.25) is 9.59 Å². The van der Waals surface area contributed by atoms with E-state index in [2.05, 4.69) is 45.2 Å². The van der Waals surface area contributed by atoms with Gasteiger partial charge in [0.2, 0.25) is 0 Å². The molecule has 2 rings (SSSR count).